The van der Waals surface area contributed by atoms with E-state index in [1.54, 1.807) is 30.3 Å². The highest BCUT2D eigenvalue weighted by Crippen LogP contribution is 2.39. The number of fused-ring (bicyclic) bond motifs is 1. The van der Waals surface area contributed by atoms with Crippen LogP contribution in [0.1, 0.15) is 18.1 Å². The number of aliphatic imine (C=N–C) groups is 1. The first-order chi connectivity index (χ1) is 17.0. The van der Waals surface area contributed by atoms with Gasteiger partial charge in [0.2, 0.25) is 5.71 Å². The molecule has 2 fully saturated rings. The first kappa shape index (κ1) is 24.3. The van der Waals surface area contributed by atoms with Crippen molar-refractivity contribution in [2.75, 3.05) is 57.5 Å². The topological polar surface area (TPSA) is 77.6 Å². The molecule has 0 spiro atoms. The van der Waals surface area contributed by atoms with E-state index < -0.39 is 14.3 Å². The first-order valence-corrected chi connectivity index (χ1v) is 12.6. The number of nitrogens with one attached hydrogen (secondary N) is 1. The first-order valence-electron chi connectivity index (χ1n) is 11.5. The number of hydrogen-bond acceptors (Lipinski definition) is 7. The molecule has 0 saturated carbocycles. The quantitative estimate of drug-likeness (QED) is 0.626. The van der Waals surface area contributed by atoms with E-state index in [9.17, 15) is 4.57 Å². The van der Waals surface area contributed by atoms with Crippen molar-refractivity contribution < 1.29 is 27.9 Å². The summed E-state index contributed by atoms with van der Waals surface area (Å²) in [5, 5.41) is 0.524. The average Bonchev–Trinajstić information content (AvgIpc) is 3.01. The third-order valence-corrected chi connectivity index (χ3v) is 7.15. The molecule has 2 aromatic rings. The van der Waals surface area contributed by atoms with Crippen molar-refractivity contribution in [2.45, 2.75) is 12.6 Å². The monoisotopic (exact) mass is 519 g/mol. The zero-order valence-corrected chi connectivity index (χ0v) is 20.9. The molecule has 184 valence electrons. The Hall–Kier alpha value is -2.42. The smallest absolute Gasteiger partial charge is 0.383 e. The normalized spacial score (nSPS) is 23.3. The van der Waals surface area contributed by atoms with E-state index in [4.69, 9.17) is 30.6 Å². The lowest BCUT2D eigenvalue weighted by atomic mass is 9.97. The fourth-order valence-corrected chi connectivity index (χ4v) is 5.37. The lowest BCUT2D eigenvalue weighted by Gasteiger charge is -2.35. The van der Waals surface area contributed by atoms with Gasteiger partial charge in [-0.3, -0.25) is 0 Å². The summed E-state index contributed by atoms with van der Waals surface area (Å²) in [6.07, 6.45) is 0. The SMILES string of the molecule is CC1(N2CCOCC2)[NH+]=C(c2ccccc2F)c2c(ccc(Cl)c2N2CCOCC2)N=C1OP=O. The van der Waals surface area contributed by atoms with Gasteiger partial charge in [-0.2, -0.15) is 0 Å². The molecule has 0 radical (unpaired) electrons. The number of benzene rings is 2. The van der Waals surface area contributed by atoms with E-state index >= 15 is 4.39 Å². The van der Waals surface area contributed by atoms with Crippen LogP contribution >= 0.6 is 20.3 Å². The predicted octanol–water partition coefficient (Wildman–Crippen LogP) is 2.55. The average molecular weight is 520 g/mol. The molecule has 1 atom stereocenters. The Balaban J connectivity index is 1.81. The summed E-state index contributed by atoms with van der Waals surface area (Å²) in [4.78, 5) is 12.6. The van der Waals surface area contributed by atoms with Gasteiger partial charge in [-0.25, -0.2) is 23.8 Å². The Labute approximate surface area is 209 Å². The summed E-state index contributed by atoms with van der Waals surface area (Å²) in [6, 6.07) is 10.1. The second-order valence-corrected chi connectivity index (χ2v) is 9.36. The number of morpholine rings is 2. The van der Waals surface area contributed by atoms with Crippen molar-refractivity contribution in [3.63, 3.8) is 0 Å². The van der Waals surface area contributed by atoms with Crippen LogP contribution in [-0.4, -0.2) is 74.8 Å². The largest absolute Gasteiger partial charge is 0.397 e. The molecule has 0 aromatic heterocycles. The van der Waals surface area contributed by atoms with E-state index in [1.165, 1.54) is 6.07 Å². The maximum absolute atomic E-state index is 15.3. The van der Waals surface area contributed by atoms with Gasteiger partial charge in [0.05, 0.1) is 54.0 Å². The molecule has 0 aliphatic carbocycles. The zero-order valence-electron chi connectivity index (χ0n) is 19.3. The molecule has 8 nitrogen and oxygen atoms in total. The molecular weight excluding hydrogens is 494 g/mol. The van der Waals surface area contributed by atoms with E-state index in [0.717, 1.165) is 5.69 Å². The minimum absolute atomic E-state index is 0.207. The van der Waals surface area contributed by atoms with Gasteiger partial charge >= 0.3 is 8.69 Å². The van der Waals surface area contributed by atoms with Gasteiger partial charge < -0.3 is 18.9 Å². The predicted molar refractivity (Wildman–Crippen MR) is 132 cm³/mol. The van der Waals surface area contributed by atoms with Gasteiger partial charge in [0.1, 0.15) is 5.82 Å². The Bertz CT molecular complexity index is 1180. The molecule has 3 aliphatic heterocycles. The molecule has 35 heavy (non-hydrogen) atoms. The van der Waals surface area contributed by atoms with Gasteiger partial charge in [-0.05, 0) is 24.3 Å². The Morgan fingerprint density at radius 2 is 1.77 bits per heavy atom. The van der Waals surface area contributed by atoms with Crippen molar-refractivity contribution in [1.29, 1.82) is 0 Å². The van der Waals surface area contributed by atoms with Crippen LogP contribution in [0.4, 0.5) is 15.8 Å². The van der Waals surface area contributed by atoms with Gasteiger partial charge in [-0.1, -0.05) is 23.7 Å². The van der Waals surface area contributed by atoms with Gasteiger partial charge in [-0.15, -0.1) is 0 Å². The van der Waals surface area contributed by atoms with Gasteiger partial charge in [0, 0.05) is 33.1 Å². The number of anilines is 1. The summed E-state index contributed by atoms with van der Waals surface area (Å²) in [7, 11) is -0.538. The van der Waals surface area contributed by atoms with Crippen LogP contribution in [0.5, 0.6) is 0 Å². The minimum Gasteiger partial charge on any atom is -0.383 e. The molecule has 0 bridgehead atoms. The summed E-state index contributed by atoms with van der Waals surface area (Å²) in [5.41, 5.74) is 1.81. The van der Waals surface area contributed by atoms with Crippen molar-refractivity contribution >= 4 is 43.3 Å². The fraction of sp³-hybridized carbons (Fsp3) is 0.417. The van der Waals surface area contributed by atoms with Crippen LogP contribution in [0, 0.1) is 5.82 Å². The molecule has 3 aliphatic rings. The number of nitrogens with zero attached hydrogens (tertiary/aromatic N) is 3. The highest BCUT2D eigenvalue weighted by molar-refractivity contribution is 7.18. The minimum atomic E-state index is -1.04. The summed E-state index contributed by atoms with van der Waals surface area (Å²) >= 11 is 6.78. The Morgan fingerprint density at radius 3 is 2.46 bits per heavy atom. The third kappa shape index (κ3) is 4.59. The standard InChI is InChI=1S/C24H25ClFN4O4P/c1-24(30-10-14-33-15-11-30)23(34-35-31)27-19-7-6-17(25)22(29-8-12-32-13-9-29)20(19)21(28-24)16-4-2-3-5-18(16)26/h2-7H,8-15H2,1H3/p+1. The van der Waals surface area contributed by atoms with E-state index in [2.05, 4.69) is 14.8 Å². The van der Waals surface area contributed by atoms with E-state index in [1.807, 2.05) is 6.92 Å². The lowest BCUT2D eigenvalue weighted by Crippen LogP contribution is -2.94. The molecule has 2 aromatic carbocycles. The van der Waals surface area contributed by atoms with Crippen LogP contribution in [-0.2, 0) is 18.6 Å². The molecule has 5 rings (SSSR count). The van der Waals surface area contributed by atoms with E-state index in [0.29, 0.717) is 80.2 Å². The molecule has 2 saturated heterocycles. The molecule has 0 amide bonds. The lowest BCUT2D eigenvalue weighted by molar-refractivity contribution is -0.560. The highest BCUT2D eigenvalue weighted by atomic mass is 35.5. The van der Waals surface area contributed by atoms with Gasteiger partial charge in [0.15, 0.2) is 0 Å². The second-order valence-electron chi connectivity index (χ2n) is 8.62. The molecule has 3 heterocycles. The van der Waals surface area contributed by atoms with Crippen LogP contribution in [0.3, 0.4) is 0 Å². The number of rotatable bonds is 4. The molecule has 1 unspecified atom stereocenters. The number of halogens is 2. The van der Waals surface area contributed by atoms with Crippen LogP contribution < -0.4 is 9.89 Å². The Kier molecular flexibility index (Phi) is 7.14. The van der Waals surface area contributed by atoms with Gasteiger partial charge in [0.25, 0.3) is 11.6 Å². The third-order valence-electron chi connectivity index (χ3n) is 6.60. The van der Waals surface area contributed by atoms with Crippen molar-refractivity contribution in [2.24, 2.45) is 4.99 Å². The van der Waals surface area contributed by atoms with Crippen LogP contribution in [0.15, 0.2) is 41.4 Å². The van der Waals surface area contributed by atoms with Crippen LogP contribution in [0.2, 0.25) is 5.02 Å². The highest BCUT2D eigenvalue weighted by Gasteiger charge is 2.49. The maximum atomic E-state index is 15.3. The fourth-order valence-electron chi connectivity index (χ4n) is 4.80. The molecule has 1 N–H and O–H groups in total. The Morgan fingerprint density at radius 1 is 1.09 bits per heavy atom. The summed E-state index contributed by atoms with van der Waals surface area (Å²) < 4.78 is 43.7. The molecular formula is C24H26ClFN4O4P+. The summed E-state index contributed by atoms with van der Waals surface area (Å²) in [6.45, 7) is 6.48. The van der Waals surface area contributed by atoms with E-state index in [-0.39, 0.29) is 11.7 Å². The second kappa shape index (κ2) is 10.3. The maximum Gasteiger partial charge on any atom is 0.397 e. The molecule has 11 heteroatoms. The zero-order chi connectivity index (χ0) is 24.4. The number of ether oxygens (including phenoxy) is 2. The van der Waals surface area contributed by atoms with Crippen molar-refractivity contribution in [3.05, 3.63) is 58.4 Å². The van der Waals surface area contributed by atoms with Crippen LogP contribution in [0.25, 0.3) is 0 Å². The van der Waals surface area contributed by atoms with Crippen molar-refractivity contribution in [3.8, 4) is 0 Å². The van der Waals surface area contributed by atoms with Crippen molar-refractivity contribution in [1.82, 2.24) is 4.90 Å². The number of hydrogen-bond donors (Lipinski definition) is 1. The summed E-state index contributed by atoms with van der Waals surface area (Å²) in [5.74, 6) is -0.177.